The molecule has 3 aromatic rings. The maximum Gasteiger partial charge on any atom is 0.308 e. The molecule has 7 nitrogen and oxygen atoms in total. The maximum absolute atomic E-state index is 13.2. The fourth-order valence-corrected chi connectivity index (χ4v) is 4.74. The SMILES string of the molecule is Cn1nc(-c2ccccc2)c2cc(C(=O)N3C[C@H](N)CC[C@H](C(=O)O)C3)sc21. The van der Waals surface area contributed by atoms with Crippen molar-refractivity contribution in [1.29, 1.82) is 0 Å². The van der Waals surface area contributed by atoms with Gasteiger partial charge in [0.05, 0.1) is 10.8 Å². The van der Waals surface area contributed by atoms with E-state index in [4.69, 9.17) is 5.73 Å². The molecule has 0 spiro atoms. The highest BCUT2D eigenvalue weighted by Gasteiger charge is 2.31. The Hall–Kier alpha value is -2.71. The Morgan fingerprint density at radius 1 is 1.21 bits per heavy atom. The van der Waals surface area contributed by atoms with Crippen LogP contribution in [-0.2, 0) is 11.8 Å². The average molecular weight is 398 g/mol. The second-order valence-electron chi connectivity index (χ2n) is 7.25. The Labute approximate surface area is 166 Å². The number of amides is 1. The Balaban J connectivity index is 1.69. The molecule has 0 unspecified atom stereocenters. The highest BCUT2D eigenvalue weighted by molar-refractivity contribution is 7.20. The number of aliphatic carboxylic acids is 1. The summed E-state index contributed by atoms with van der Waals surface area (Å²) in [7, 11) is 1.86. The molecule has 1 aromatic carbocycles. The van der Waals surface area contributed by atoms with Gasteiger partial charge in [0.2, 0.25) is 0 Å². The van der Waals surface area contributed by atoms with Gasteiger partial charge in [-0.1, -0.05) is 30.3 Å². The monoisotopic (exact) mass is 398 g/mol. The summed E-state index contributed by atoms with van der Waals surface area (Å²) in [5.41, 5.74) is 7.92. The molecule has 146 valence electrons. The van der Waals surface area contributed by atoms with E-state index in [1.807, 2.05) is 43.4 Å². The van der Waals surface area contributed by atoms with Crippen molar-refractivity contribution >= 4 is 33.4 Å². The van der Waals surface area contributed by atoms with E-state index in [0.717, 1.165) is 21.5 Å². The van der Waals surface area contributed by atoms with E-state index < -0.39 is 11.9 Å². The van der Waals surface area contributed by atoms with Crippen LogP contribution in [0, 0.1) is 5.92 Å². The zero-order valence-corrected chi connectivity index (χ0v) is 16.4. The highest BCUT2D eigenvalue weighted by Crippen LogP contribution is 2.34. The van der Waals surface area contributed by atoms with Crippen LogP contribution in [0.3, 0.4) is 0 Å². The second-order valence-corrected chi connectivity index (χ2v) is 8.28. The Kier molecular flexibility index (Phi) is 4.91. The van der Waals surface area contributed by atoms with Crippen LogP contribution >= 0.6 is 11.3 Å². The molecule has 0 saturated carbocycles. The molecular weight excluding hydrogens is 376 g/mol. The van der Waals surface area contributed by atoms with Gasteiger partial charge in [-0.15, -0.1) is 11.3 Å². The number of nitrogens with two attached hydrogens (primary N) is 1. The molecule has 4 rings (SSSR count). The van der Waals surface area contributed by atoms with E-state index in [9.17, 15) is 14.7 Å². The van der Waals surface area contributed by atoms with Crippen molar-refractivity contribution in [1.82, 2.24) is 14.7 Å². The van der Waals surface area contributed by atoms with Crippen LogP contribution in [0.4, 0.5) is 0 Å². The van der Waals surface area contributed by atoms with Crippen molar-refractivity contribution in [3.63, 3.8) is 0 Å². The number of likely N-dealkylation sites (tertiary alicyclic amines) is 1. The Morgan fingerprint density at radius 3 is 2.68 bits per heavy atom. The number of hydrogen-bond acceptors (Lipinski definition) is 5. The predicted octanol–water partition coefficient (Wildman–Crippen LogP) is 2.57. The highest BCUT2D eigenvalue weighted by atomic mass is 32.1. The molecular formula is C20H22N4O3S. The van der Waals surface area contributed by atoms with Gasteiger partial charge in [-0.25, -0.2) is 0 Å². The van der Waals surface area contributed by atoms with Crippen LogP contribution < -0.4 is 5.73 Å². The van der Waals surface area contributed by atoms with E-state index >= 15 is 0 Å². The molecule has 1 fully saturated rings. The van der Waals surface area contributed by atoms with Crippen LogP contribution in [0.5, 0.6) is 0 Å². The molecule has 8 heteroatoms. The summed E-state index contributed by atoms with van der Waals surface area (Å²) in [6, 6.07) is 11.5. The first kappa shape index (κ1) is 18.6. The number of hydrogen-bond donors (Lipinski definition) is 2. The van der Waals surface area contributed by atoms with Crippen LogP contribution in [0.2, 0.25) is 0 Å². The summed E-state index contributed by atoms with van der Waals surface area (Å²) in [5, 5.41) is 14.9. The number of carboxylic acids is 1. The van der Waals surface area contributed by atoms with Crippen molar-refractivity contribution in [2.75, 3.05) is 13.1 Å². The van der Waals surface area contributed by atoms with E-state index in [0.29, 0.717) is 24.3 Å². The largest absolute Gasteiger partial charge is 0.481 e. The van der Waals surface area contributed by atoms with E-state index in [-0.39, 0.29) is 18.5 Å². The molecule has 0 bridgehead atoms. The van der Waals surface area contributed by atoms with Crippen LogP contribution in [0.15, 0.2) is 36.4 Å². The van der Waals surface area contributed by atoms with Gasteiger partial charge in [-0.3, -0.25) is 14.3 Å². The number of rotatable bonds is 3. The molecule has 1 aliphatic heterocycles. The smallest absolute Gasteiger partial charge is 0.308 e. The molecule has 1 aliphatic rings. The summed E-state index contributed by atoms with van der Waals surface area (Å²) in [6.45, 7) is 0.570. The summed E-state index contributed by atoms with van der Waals surface area (Å²) in [6.07, 6.45) is 1.10. The van der Waals surface area contributed by atoms with Gasteiger partial charge in [0.25, 0.3) is 5.91 Å². The number of nitrogens with zero attached hydrogens (tertiary/aromatic N) is 3. The lowest BCUT2D eigenvalue weighted by Crippen LogP contribution is -2.41. The molecule has 2 atom stereocenters. The van der Waals surface area contributed by atoms with Gasteiger partial charge in [0.15, 0.2) is 0 Å². The molecule has 2 aromatic heterocycles. The summed E-state index contributed by atoms with van der Waals surface area (Å²) in [4.78, 5) is 27.7. The molecule has 1 amide bonds. The molecule has 3 heterocycles. The van der Waals surface area contributed by atoms with Crippen LogP contribution in [0.25, 0.3) is 21.5 Å². The van der Waals surface area contributed by atoms with Crippen molar-refractivity contribution in [3.8, 4) is 11.3 Å². The fraction of sp³-hybridized carbons (Fsp3) is 0.350. The van der Waals surface area contributed by atoms with E-state index in [2.05, 4.69) is 5.10 Å². The lowest BCUT2D eigenvalue weighted by Gasteiger charge is -2.23. The molecule has 28 heavy (non-hydrogen) atoms. The van der Waals surface area contributed by atoms with Crippen molar-refractivity contribution < 1.29 is 14.7 Å². The first-order valence-corrected chi connectivity index (χ1v) is 10.1. The summed E-state index contributed by atoms with van der Waals surface area (Å²) >= 11 is 1.38. The minimum Gasteiger partial charge on any atom is -0.481 e. The standard InChI is InChI=1S/C20H22N4O3S/c1-23-19-15(17(22-23)12-5-3-2-4-6-12)9-16(28-19)18(25)24-10-13(20(26)27)7-8-14(21)11-24/h2-6,9,13-14H,7-8,10-11,21H2,1H3,(H,26,27)/t13-,14+/m0/s1. The van der Waals surface area contributed by atoms with Crippen molar-refractivity contribution in [3.05, 3.63) is 41.3 Å². The lowest BCUT2D eigenvalue weighted by atomic mass is 10.0. The van der Waals surface area contributed by atoms with Crippen LogP contribution in [0.1, 0.15) is 22.5 Å². The number of benzene rings is 1. The third-order valence-corrected chi connectivity index (χ3v) is 6.38. The normalized spacial score (nSPS) is 20.3. The van der Waals surface area contributed by atoms with Crippen LogP contribution in [-0.4, -0.2) is 50.8 Å². The van der Waals surface area contributed by atoms with Gasteiger partial charge in [-0.2, -0.15) is 5.10 Å². The van der Waals surface area contributed by atoms with Crippen molar-refractivity contribution in [2.45, 2.75) is 18.9 Å². The van der Waals surface area contributed by atoms with Crippen molar-refractivity contribution in [2.24, 2.45) is 18.7 Å². The fourth-order valence-electron chi connectivity index (χ4n) is 3.70. The Bertz CT molecular complexity index is 1030. The van der Waals surface area contributed by atoms with Gasteiger partial charge >= 0.3 is 5.97 Å². The molecule has 3 N–H and O–H groups in total. The number of carbonyl (C=O) groups excluding carboxylic acids is 1. The quantitative estimate of drug-likeness (QED) is 0.706. The average Bonchev–Trinajstić information content (AvgIpc) is 3.17. The number of fused-ring (bicyclic) bond motifs is 1. The van der Waals surface area contributed by atoms with Gasteiger partial charge < -0.3 is 15.7 Å². The first-order chi connectivity index (χ1) is 13.4. The summed E-state index contributed by atoms with van der Waals surface area (Å²) < 4.78 is 1.79. The number of thiophene rings is 1. The topological polar surface area (TPSA) is 101 Å². The minimum absolute atomic E-state index is 0.163. The van der Waals surface area contributed by atoms with E-state index in [1.54, 1.807) is 9.58 Å². The van der Waals surface area contributed by atoms with Gasteiger partial charge in [-0.05, 0) is 18.9 Å². The first-order valence-electron chi connectivity index (χ1n) is 9.23. The third-order valence-electron chi connectivity index (χ3n) is 5.19. The zero-order valence-electron chi connectivity index (χ0n) is 15.5. The number of carboxylic acid groups (broad SMARTS) is 1. The maximum atomic E-state index is 13.2. The number of aromatic nitrogens is 2. The summed E-state index contributed by atoms with van der Waals surface area (Å²) in [5.74, 6) is -1.61. The van der Waals surface area contributed by atoms with Gasteiger partial charge in [0, 0.05) is 37.1 Å². The molecule has 0 aliphatic carbocycles. The number of aryl methyl sites for hydroxylation is 1. The Morgan fingerprint density at radius 2 is 1.96 bits per heavy atom. The molecule has 1 saturated heterocycles. The zero-order chi connectivity index (χ0) is 19.8. The number of carbonyl (C=O) groups is 2. The third kappa shape index (κ3) is 3.41. The second kappa shape index (κ2) is 7.37. The predicted molar refractivity (Wildman–Crippen MR) is 108 cm³/mol. The van der Waals surface area contributed by atoms with E-state index in [1.165, 1.54) is 11.3 Å². The minimum atomic E-state index is -0.876. The molecule has 0 radical (unpaired) electrons. The lowest BCUT2D eigenvalue weighted by molar-refractivity contribution is -0.142. The van der Waals surface area contributed by atoms with Gasteiger partial charge in [0.1, 0.15) is 10.5 Å².